The van der Waals surface area contributed by atoms with Crippen molar-refractivity contribution in [3.05, 3.63) is 52.3 Å². The van der Waals surface area contributed by atoms with Gasteiger partial charge in [0.05, 0.1) is 10.4 Å². The van der Waals surface area contributed by atoms with Crippen molar-refractivity contribution in [3.8, 4) is 0 Å². The van der Waals surface area contributed by atoms with E-state index in [0.29, 0.717) is 0 Å². The van der Waals surface area contributed by atoms with E-state index in [1.165, 1.54) is 22.6 Å². The number of imidazole rings is 1. The lowest BCUT2D eigenvalue weighted by molar-refractivity contribution is 0.0956. The largest absolute Gasteiger partial charge is 0.369 e. The third kappa shape index (κ3) is 4.46. The molecule has 0 aliphatic carbocycles. The molecule has 0 spiro atoms. The van der Waals surface area contributed by atoms with Gasteiger partial charge >= 0.3 is 0 Å². The summed E-state index contributed by atoms with van der Waals surface area (Å²) in [4.78, 5) is 24.7. The number of nitrogens with zero attached hydrogens (tertiary/aromatic N) is 4. The number of fused-ring (bicyclic) bond motifs is 3. The first kappa shape index (κ1) is 20.5. The monoisotopic (exact) mass is 453 g/mol. The van der Waals surface area contributed by atoms with Crippen LogP contribution < -0.4 is 10.2 Å². The van der Waals surface area contributed by atoms with E-state index in [0.717, 1.165) is 72.3 Å². The van der Waals surface area contributed by atoms with Gasteiger partial charge in [-0.2, -0.15) is 0 Å². The first-order valence-electron chi connectivity index (χ1n) is 10.8. The number of anilines is 1. The highest BCUT2D eigenvalue weighted by Gasteiger charge is 2.17. The van der Waals surface area contributed by atoms with Crippen LogP contribution in [0.4, 0.5) is 5.69 Å². The molecular formula is C23H27N5OS2. The van der Waals surface area contributed by atoms with Crippen molar-refractivity contribution < 1.29 is 4.79 Å². The number of amides is 1. The summed E-state index contributed by atoms with van der Waals surface area (Å²) >= 11 is 3.08. The zero-order valence-electron chi connectivity index (χ0n) is 17.7. The number of rotatable bonds is 7. The number of thiophene rings is 1. The van der Waals surface area contributed by atoms with E-state index in [1.54, 1.807) is 11.3 Å². The van der Waals surface area contributed by atoms with E-state index in [9.17, 15) is 4.79 Å². The summed E-state index contributed by atoms with van der Waals surface area (Å²) in [6.07, 6.45) is 4.11. The maximum atomic E-state index is 12.5. The molecule has 4 heterocycles. The molecule has 5 rings (SSSR count). The normalized spacial score (nSPS) is 15.2. The van der Waals surface area contributed by atoms with Crippen molar-refractivity contribution in [3.63, 3.8) is 0 Å². The van der Waals surface area contributed by atoms with E-state index < -0.39 is 0 Å². The molecule has 162 valence electrons. The number of hydrogen-bond acceptors (Lipinski definition) is 6. The quantitative estimate of drug-likeness (QED) is 0.425. The molecule has 1 amide bonds. The van der Waals surface area contributed by atoms with Crippen LogP contribution >= 0.6 is 22.7 Å². The van der Waals surface area contributed by atoms with Crippen LogP contribution in [-0.4, -0.2) is 59.5 Å². The van der Waals surface area contributed by atoms with Crippen molar-refractivity contribution in [1.29, 1.82) is 0 Å². The number of aryl methyl sites for hydroxylation is 1. The van der Waals surface area contributed by atoms with Crippen molar-refractivity contribution in [2.45, 2.75) is 19.8 Å². The van der Waals surface area contributed by atoms with Gasteiger partial charge in [-0.3, -0.25) is 14.1 Å². The average Bonchev–Trinajstić information content (AvgIpc) is 3.46. The molecule has 3 aromatic heterocycles. The fourth-order valence-electron chi connectivity index (χ4n) is 4.16. The Bertz CT molecular complexity index is 1190. The van der Waals surface area contributed by atoms with Gasteiger partial charge in [0.25, 0.3) is 5.91 Å². The van der Waals surface area contributed by atoms with Gasteiger partial charge in [-0.15, -0.1) is 22.7 Å². The van der Waals surface area contributed by atoms with Gasteiger partial charge in [0.15, 0.2) is 4.96 Å². The van der Waals surface area contributed by atoms with Crippen LogP contribution in [0.5, 0.6) is 0 Å². The minimum absolute atomic E-state index is 0.0127. The lowest BCUT2D eigenvalue weighted by Crippen LogP contribution is -2.46. The van der Waals surface area contributed by atoms with Gasteiger partial charge in [-0.1, -0.05) is 12.1 Å². The number of carbonyl (C=O) groups is 1. The van der Waals surface area contributed by atoms with Crippen LogP contribution in [0.25, 0.3) is 15.3 Å². The average molecular weight is 454 g/mol. The Hall–Kier alpha value is -2.42. The molecular weight excluding hydrogens is 426 g/mol. The van der Waals surface area contributed by atoms with E-state index in [1.807, 2.05) is 22.0 Å². The lowest BCUT2D eigenvalue weighted by Gasteiger charge is -2.36. The third-order valence-corrected chi connectivity index (χ3v) is 7.66. The number of piperazine rings is 1. The topological polar surface area (TPSA) is 52.9 Å². The first-order valence-corrected chi connectivity index (χ1v) is 12.5. The summed E-state index contributed by atoms with van der Waals surface area (Å²) in [5.41, 5.74) is 3.68. The van der Waals surface area contributed by atoms with Crippen LogP contribution in [0, 0.1) is 6.92 Å². The Morgan fingerprint density at radius 1 is 1.16 bits per heavy atom. The molecule has 1 aliphatic rings. The maximum Gasteiger partial charge on any atom is 0.261 e. The molecule has 1 saturated heterocycles. The molecule has 1 fully saturated rings. The predicted molar refractivity (Wildman–Crippen MR) is 130 cm³/mol. The molecule has 0 unspecified atom stereocenters. The van der Waals surface area contributed by atoms with Gasteiger partial charge in [-0.05, 0) is 50.1 Å². The second-order valence-electron chi connectivity index (χ2n) is 8.10. The number of benzene rings is 1. The number of unbranched alkanes of at least 4 members (excludes halogenated alkanes) is 1. The van der Waals surface area contributed by atoms with Gasteiger partial charge in [-0.25, -0.2) is 4.98 Å². The molecule has 0 saturated carbocycles. The summed E-state index contributed by atoms with van der Waals surface area (Å²) < 4.78 is 2.05. The summed E-state index contributed by atoms with van der Waals surface area (Å²) in [7, 11) is 0. The number of carbonyl (C=O) groups excluding carboxylic acids is 1. The lowest BCUT2D eigenvalue weighted by atomic mass is 10.2. The van der Waals surface area contributed by atoms with Crippen LogP contribution in [-0.2, 0) is 0 Å². The van der Waals surface area contributed by atoms with Gasteiger partial charge in [0.1, 0.15) is 4.83 Å². The predicted octanol–water partition coefficient (Wildman–Crippen LogP) is 4.25. The van der Waals surface area contributed by atoms with Crippen molar-refractivity contribution in [2.75, 3.05) is 44.2 Å². The third-order valence-electron chi connectivity index (χ3n) is 5.89. The molecule has 1 N–H and O–H groups in total. The fourth-order valence-corrected chi connectivity index (χ4v) is 5.88. The van der Waals surface area contributed by atoms with Crippen molar-refractivity contribution >= 4 is 49.6 Å². The van der Waals surface area contributed by atoms with Gasteiger partial charge in [0, 0.05) is 50.0 Å². The number of thiazole rings is 1. The smallest absolute Gasteiger partial charge is 0.261 e. The van der Waals surface area contributed by atoms with Crippen LogP contribution in [0.2, 0.25) is 0 Å². The summed E-state index contributed by atoms with van der Waals surface area (Å²) in [5.74, 6) is 0.0127. The fraction of sp³-hybridized carbons (Fsp3) is 0.391. The van der Waals surface area contributed by atoms with Crippen LogP contribution in [0.3, 0.4) is 0 Å². The molecule has 4 aromatic rings. The molecule has 6 nitrogen and oxygen atoms in total. The van der Waals surface area contributed by atoms with E-state index in [4.69, 9.17) is 0 Å². The molecule has 1 aliphatic heterocycles. The standard InChI is InChI=1S/C23H27N5OS2/c1-17-5-4-6-18(15-17)27-11-9-26(10-12-27)8-3-2-7-24-21(29)20-16-19-22(31-20)25-23-28(19)13-14-30-23/h4-6,13-16H,2-3,7-12H2,1H3,(H,24,29). The first-order chi connectivity index (χ1) is 15.2. The number of aromatic nitrogens is 2. The SMILES string of the molecule is Cc1cccc(N2CCN(CCCCNC(=O)c3cc4c(nc5sccn54)s3)CC2)c1. The molecule has 0 bridgehead atoms. The second-order valence-corrected chi connectivity index (χ2v) is 10.0. The minimum atomic E-state index is 0.0127. The maximum absolute atomic E-state index is 12.5. The van der Waals surface area contributed by atoms with E-state index in [-0.39, 0.29) is 5.91 Å². The van der Waals surface area contributed by atoms with Crippen molar-refractivity contribution in [1.82, 2.24) is 19.6 Å². The summed E-state index contributed by atoms with van der Waals surface area (Å²) in [6, 6.07) is 10.7. The highest BCUT2D eigenvalue weighted by atomic mass is 32.1. The highest BCUT2D eigenvalue weighted by molar-refractivity contribution is 7.21. The van der Waals surface area contributed by atoms with Crippen LogP contribution in [0.15, 0.2) is 41.9 Å². The summed E-state index contributed by atoms with van der Waals surface area (Å²) in [6.45, 7) is 8.34. The van der Waals surface area contributed by atoms with Crippen molar-refractivity contribution in [2.24, 2.45) is 0 Å². The molecule has 31 heavy (non-hydrogen) atoms. The Morgan fingerprint density at radius 2 is 2.03 bits per heavy atom. The Morgan fingerprint density at radius 3 is 2.87 bits per heavy atom. The number of hydrogen-bond donors (Lipinski definition) is 1. The zero-order valence-corrected chi connectivity index (χ0v) is 19.3. The van der Waals surface area contributed by atoms with E-state index in [2.05, 4.69) is 51.3 Å². The zero-order chi connectivity index (χ0) is 21.2. The number of nitrogens with one attached hydrogen (secondary N) is 1. The highest BCUT2D eigenvalue weighted by Crippen LogP contribution is 2.28. The van der Waals surface area contributed by atoms with Crippen LogP contribution in [0.1, 0.15) is 28.1 Å². The Kier molecular flexibility index (Phi) is 5.93. The Labute approximate surface area is 190 Å². The van der Waals surface area contributed by atoms with Gasteiger partial charge in [0.2, 0.25) is 0 Å². The molecule has 0 atom stereocenters. The Balaban J connectivity index is 1.02. The molecule has 0 radical (unpaired) electrons. The minimum Gasteiger partial charge on any atom is -0.369 e. The second kappa shape index (κ2) is 8.98. The van der Waals surface area contributed by atoms with Gasteiger partial charge < -0.3 is 10.2 Å². The van der Waals surface area contributed by atoms with E-state index >= 15 is 0 Å². The summed E-state index contributed by atoms with van der Waals surface area (Å²) in [5, 5.41) is 5.09. The molecule has 8 heteroatoms. The molecule has 1 aromatic carbocycles.